The molecule has 0 atom stereocenters. The largest absolute Gasteiger partial charge is 0.343 e. The monoisotopic (exact) mass is 299 g/mol. The SMILES string of the molecule is CC(C)CC(=O)N1CCC(NCc2ccc(C#N)cc2)CC1. The number of hydrogen-bond donors (Lipinski definition) is 1. The summed E-state index contributed by atoms with van der Waals surface area (Å²) in [5.74, 6) is 0.722. The minimum absolute atomic E-state index is 0.292. The highest BCUT2D eigenvalue weighted by Gasteiger charge is 2.22. The van der Waals surface area contributed by atoms with Gasteiger partial charge in [0.2, 0.25) is 5.91 Å². The first-order valence-electron chi connectivity index (χ1n) is 8.08. The average Bonchev–Trinajstić information content (AvgIpc) is 2.53. The third-order valence-electron chi connectivity index (χ3n) is 4.11. The summed E-state index contributed by atoms with van der Waals surface area (Å²) >= 11 is 0. The van der Waals surface area contributed by atoms with Crippen LogP contribution in [-0.2, 0) is 11.3 Å². The van der Waals surface area contributed by atoms with E-state index >= 15 is 0 Å². The molecule has 1 amide bonds. The maximum Gasteiger partial charge on any atom is 0.222 e. The molecule has 0 aliphatic carbocycles. The molecule has 1 fully saturated rings. The molecule has 4 nitrogen and oxygen atoms in total. The van der Waals surface area contributed by atoms with Gasteiger partial charge in [0.25, 0.3) is 0 Å². The maximum absolute atomic E-state index is 12.0. The molecular formula is C18H25N3O. The lowest BCUT2D eigenvalue weighted by molar-refractivity contribution is -0.133. The van der Waals surface area contributed by atoms with E-state index in [-0.39, 0.29) is 0 Å². The smallest absolute Gasteiger partial charge is 0.222 e. The van der Waals surface area contributed by atoms with Crippen LogP contribution < -0.4 is 5.32 Å². The second kappa shape index (κ2) is 7.95. The molecule has 0 spiro atoms. The van der Waals surface area contributed by atoms with Crippen molar-refractivity contribution in [3.05, 3.63) is 35.4 Å². The molecule has 4 heteroatoms. The third kappa shape index (κ3) is 4.85. The van der Waals surface area contributed by atoms with Crippen LogP contribution in [0, 0.1) is 17.2 Å². The van der Waals surface area contributed by atoms with Gasteiger partial charge < -0.3 is 10.2 Å². The van der Waals surface area contributed by atoms with Gasteiger partial charge in [-0.2, -0.15) is 5.26 Å². The van der Waals surface area contributed by atoms with Gasteiger partial charge in [-0.1, -0.05) is 26.0 Å². The Morgan fingerprint density at radius 2 is 1.95 bits per heavy atom. The molecule has 1 aromatic rings. The highest BCUT2D eigenvalue weighted by atomic mass is 16.2. The molecule has 1 aromatic carbocycles. The summed E-state index contributed by atoms with van der Waals surface area (Å²) in [7, 11) is 0. The van der Waals surface area contributed by atoms with Gasteiger partial charge in [-0.3, -0.25) is 4.79 Å². The van der Waals surface area contributed by atoms with Gasteiger partial charge in [0.1, 0.15) is 0 Å². The molecular weight excluding hydrogens is 274 g/mol. The number of carbonyl (C=O) groups excluding carboxylic acids is 1. The molecule has 1 N–H and O–H groups in total. The summed E-state index contributed by atoms with van der Waals surface area (Å²) in [5, 5.41) is 12.3. The molecule has 0 radical (unpaired) electrons. The molecule has 1 aliphatic heterocycles. The third-order valence-corrected chi connectivity index (χ3v) is 4.11. The summed E-state index contributed by atoms with van der Waals surface area (Å²) in [6.07, 6.45) is 2.68. The Kier molecular flexibility index (Phi) is 5.97. The summed E-state index contributed by atoms with van der Waals surface area (Å²) in [5.41, 5.74) is 1.89. The van der Waals surface area contributed by atoms with Crippen LogP contribution in [0.2, 0.25) is 0 Å². The molecule has 1 saturated heterocycles. The first-order chi connectivity index (χ1) is 10.6. The number of benzene rings is 1. The number of likely N-dealkylation sites (tertiary alicyclic amines) is 1. The summed E-state index contributed by atoms with van der Waals surface area (Å²) < 4.78 is 0. The fourth-order valence-corrected chi connectivity index (χ4v) is 2.77. The van der Waals surface area contributed by atoms with Gasteiger partial charge in [0, 0.05) is 32.1 Å². The van der Waals surface area contributed by atoms with E-state index in [1.54, 1.807) is 0 Å². The van der Waals surface area contributed by atoms with Crippen LogP contribution in [-0.4, -0.2) is 29.9 Å². The summed E-state index contributed by atoms with van der Waals surface area (Å²) in [4.78, 5) is 14.0. The fraction of sp³-hybridized carbons (Fsp3) is 0.556. The fourth-order valence-electron chi connectivity index (χ4n) is 2.77. The molecule has 1 heterocycles. The maximum atomic E-state index is 12.0. The zero-order valence-corrected chi connectivity index (χ0v) is 13.5. The lowest BCUT2D eigenvalue weighted by Gasteiger charge is -2.33. The molecule has 0 saturated carbocycles. The predicted molar refractivity (Wildman–Crippen MR) is 87.1 cm³/mol. The van der Waals surface area contributed by atoms with Gasteiger partial charge in [-0.25, -0.2) is 0 Å². The number of amides is 1. The van der Waals surface area contributed by atoms with Crippen molar-refractivity contribution >= 4 is 5.91 Å². The van der Waals surface area contributed by atoms with Crippen molar-refractivity contribution in [1.82, 2.24) is 10.2 Å². The Hall–Kier alpha value is -1.86. The van der Waals surface area contributed by atoms with Crippen LogP contribution in [0.4, 0.5) is 0 Å². The van der Waals surface area contributed by atoms with Crippen LogP contribution in [0.5, 0.6) is 0 Å². The Balaban J connectivity index is 1.73. The van der Waals surface area contributed by atoms with Crippen molar-refractivity contribution < 1.29 is 4.79 Å². The van der Waals surface area contributed by atoms with Gasteiger partial charge in [-0.05, 0) is 36.5 Å². The van der Waals surface area contributed by atoms with E-state index < -0.39 is 0 Å². The first kappa shape index (κ1) is 16.5. The van der Waals surface area contributed by atoms with E-state index in [4.69, 9.17) is 5.26 Å². The van der Waals surface area contributed by atoms with E-state index in [0.29, 0.717) is 29.9 Å². The first-order valence-corrected chi connectivity index (χ1v) is 8.08. The van der Waals surface area contributed by atoms with Crippen LogP contribution in [0.15, 0.2) is 24.3 Å². The predicted octanol–water partition coefficient (Wildman–Crippen LogP) is 2.68. The van der Waals surface area contributed by atoms with Gasteiger partial charge in [-0.15, -0.1) is 0 Å². The lowest BCUT2D eigenvalue weighted by Crippen LogP contribution is -2.44. The quantitative estimate of drug-likeness (QED) is 0.909. The second-order valence-electron chi connectivity index (χ2n) is 6.44. The molecule has 0 aromatic heterocycles. The van der Waals surface area contributed by atoms with E-state index in [1.165, 1.54) is 5.56 Å². The van der Waals surface area contributed by atoms with Crippen LogP contribution in [0.25, 0.3) is 0 Å². The minimum atomic E-state index is 0.292. The van der Waals surface area contributed by atoms with Crippen molar-refractivity contribution in [2.75, 3.05) is 13.1 Å². The van der Waals surface area contributed by atoms with E-state index in [0.717, 1.165) is 32.5 Å². The van der Waals surface area contributed by atoms with Crippen molar-refractivity contribution in [3.63, 3.8) is 0 Å². The Bertz CT molecular complexity index is 522. The van der Waals surface area contributed by atoms with Gasteiger partial charge in [0.05, 0.1) is 11.6 Å². The van der Waals surface area contributed by atoms with E-state index in [1.807, 2.05) is 29.2 Å². The highest BCUT2D eigenvalue weighted by molar-refractivity contribution is 5.76. The van der Waals surface area contributed by atoms with Gasteiger partial charge in [0.15, 0.2) is 0 Å². The lowest BCUT2D eigenvalue weighted by atomic mass is 10.0. The Labute approximate surface area is 133 Å². The van der Waals surface area contributed by atoms with Crippen LogP contribution in [0.3, 0.4) is 0 Å². The number of hydrogen-bond acceptors (Lipinski definition) is 3. The topological polar surface area (TPSA) is 56.1 Å². The Morgan fingerprint density at radius 1 is 1.32 bits per heavy atom. The number of nitriles is 1. The molecule has 1 aliphatic rings. The average molecular weight is 299 g/mol. The normalized spacial score (nSPS) is 15.8. The van der Waals surface area contributed by atoms with Crippen LogP contribution >= 0.6 is 0 Å². The van der Waals surface area contributed by atoms with Crippen molar-refractivity contribution in [1.29, 1.82) is 5.26 Å². The number of rotatable bonds is 5. The number of carbonyl (C=O) groups is 1. The molecule has 0 unspecified atom stereocenters. The molecule has 118 valence electrons. The van der Waals surface area contributed by atoms with Crippen LogP contribution in [0.1, 0.15) is 44.2 Å². The highest BCUT2D eigenvalue weighted by Crippen LogP contribution is 2.14. The molecule has 2 rings (SSSR count). The van der Waals surface area contributed by atoms with Crippen molar-refractivity contribution in [2.45, 2.75) is 45.7 Å². The standard InChI is InChI=1S/C18H25N3O/c1-14(2)11-18(22)21-9-7-17(8-10-21)20-13-16-5-3-15(12-19)4-6-16/h3-6,14,17,20H,7-11,13H2,1-2H3. The number of piperidine rings is 1. The second-order valence-corrected chi connectivity index (χ2v) is 6.44. The van der Waals surface area contributed by atoms with E-state index in [2.05, 4.69) is 25.2 Å². The number of nitrogens with one attached hydrogen (secondary N) is 1. The Morgan fingerprint density at radius 3 is 2.50 bits per heavy atom. The zero-order chi connectivity index (χ0) is 15.9. The summed E-state index contributed by atoms with van der Waals surface area (Å²) in [6, 6.07) is 10.3. The molecule has 0 bridgehead atoms. The summed E-state index contributed by atoms with van der Waals surface area (Å²) in [6.45, 7) is 6.71. The minimum Gasteiger partial charge on any atom is -0.343 e. The number of nitrogens with zero attached hydrogens (tertiary/aromatic N) is 2. The van der Waals surface area contributed by atoms with E-state index in [9.17, 15) is 4.79 Å². The van der Waals surface area contributed by atoms with Crippen molar-refractivity contribution in [2.24, 2.45) is 5.92 Å². The van der Waals surface area contributed by atoms with Crippen molar-refractivity contribution in [3.8, 4) is 6.07 Å². The zero-order valence-electron chi connectivity index (χ0n) is 13.5. The van der Waals surface area contributed by atoms with Gasteiger partial charge >= 0.3 is 0 Å². The molecule has 22 heavy (non-hydrogen) atoms.